The van der Waals surface area contributed by atoms with Gasteiger partial charge in [-0.25, -0.2) is 0 Å². The standard InChI is InChI=1S/C17H18BrN3O4/c1-20(10-12-8-13(18)6-7-16(12)25-2)11-17(22)19-14-4-3-5-15(9-14)21(23)24/h3-9H,10-11H2,1-2H3,(H,19,22). The number of hydrogen-bond acceptors (Lipinski definition) is 5. The molecule has 0 bridgehead atoms. The van der Waals surface area contributed by atoms with E-state index in [1.54, 1.807) is 13.2 Å². The Hall–Kier alpha value is -2.45. The molecule has 7 nitrogen and oxygen atoms in total. The first-order valence-electron chi connectivity index (χ1n) is 7.44. The van der Waals surface area contributed by atoms with Crippen LogP contribution in [0, 0.1) is 10.1 Å². The number of benzene rings is 2. The number of non-ortho nitro benzene ring substituents is 1. The minimum atomic E-state index is -0.499. The fraction of sp³-hybridized carbons (Fsp3) is 0.235. The molecule has 0 atom stereocenters. The topological polar surface area (TPSA) is 84.7 Å². The molecule has 1 amide bonds. The average molecular weight is 408 g/mol. The predicted molar refractivity (Wildman–Crippen MR) is 98.8 cm³/mol. The normalized spacial score (nSPS) is 10.6. The Morgan fingerprint density at radius 2 is 2.08 bits per heavy atom. The Balaban J connectivity index is 1.97. The Labute approximate surface area is 153 Å². The number of carbonyl (C=O) groups excluding carboxylic acids is 1. The maximum atomic E-state index is 12.2. The highest BCUT2D eigenvalue weighted by atomic mass is 79.9. The van der Waals surface area contributed by atoms with Gasteiger partial charge >= 0.3 is 0 Å². The first-order valence-corrected chi connectivity index (χ1v) is 8.23. The first-order chi connectivity index (χ1) is 11.9. The fourth-order valence-electron chi connectivity index (χ4n) is 2.36. The van der Waals surface area contributed by atoms with E-state index in [1.165, 1.54) is 18.2 Å². The van der Waals surface area contributed by atoms with E-state index < -0.39 is 4.92 Å². The third kappa shape index (κ3) is 5.54. The molecule has 132 valence electrons. The van der Waals surface area contributed by atoms with Crippen LogP contribution in [0.4, 0.5) is 11.4 Å². The van der Waals surface area contributed by atoms with E-state index in [-0.39, 0.29) is 18.1 Å². The summed E-state index contributed by atoms with van der Waals surface area (Å²) in [6.07, 6.45) is 0. The smallest absolute Gasteiger partial charge is 0.271 e. The van der Waals surface area contributed by atoms with Crippen LogP contribution in [0.3, 0.4) is 0 Å². The second-order valence-electron chi connectivity index (χ2n) is 5.48. The maximum absolute atomic E-state index is 12.2. The van der Waals surface area contributed by atoms with Crippen molar-refractivity contribution in [2.75, 3.05) is 26.0 Å². The molecular formula is C17H18BrN3O4. The van der Waals surface area contributed by atoms with Gasteiger partial charge in [0.1, 0.15) is 5.75 Å². The predicted octanol–water partition coefficient (Wildman–Crippen LogP) is 3.44. The number of amides is 1. The second-order valence-corrected chi connectivity index (χ2v) is 6.40. The van der Waals surface area contributed by atoms with Gasteiger partial charge in [-0.05, 0) is 31.3 Å². The van der Waals surface area contributed by atoms with Crippen molar-refractivity contribution in [2.24, 2.45) is 0 Å². The van der Waals surface area contributed by atoms with Crippen molar-refractivity contribution in [1.82, 2.24) is 4.90 Å². The molecule has 0 radical (unpaired) electrons. The van der Waals surface area contributed by atoms with Crippen molar-refractivity contribution in [1.29, 1.82) is 0 Å². The quantitative estimate of drug-likeness (QED) is 0.561. The minimum absolute atomic E-state index is 0.0648. The molecular weight excluding hydrogens is 390 g/mol. The van der Waals surface area contributed by atoms with Gasteiger partial charge in [0, 0.05) is 34.4 Å². The van der Waals surface area contributed by atoms with Gasteiger partial charge in [-0.3, -0.25) is 19.8 Å². The number of likely N-dealkylation sites (N-methyl/N-ethyl adjacent to an activating group) is 1. The number of halogens is 1. The van der Waals surface area contributed by atoms with Crippen molar-refractivity contribution in [3.05, 3.63) is 62.6 Å². The zero-order valence-electron chi connectivity index (χ0n) is 13.9. The molecule has 0 unspecified atom stereocenters. The monoisotopic (exact) mass is 407 g/mol. The van der Waals surface area contributed by atoms with Crippen molar-refractivity contribution in [2.45, 2.75) is 6.54 Å². The van der Waals surface area contributed by atoms with Crippen LogP contribution < -0.4 is 10.1 Å². The van der Waals surface area contributed by atoms with Crippen molar-refractivity contribution < 1.29 is 14.5 Å². The summed E-state index contributed by atoms with van der Waals surface area (Å²) >= 11 is 3.42. The molecule has 2 rings (SSSR count). The van der Waals surface area contributed by atoms with E-state index >= 15 is 0 Å². The van der Waals surface area contributed by atoms with E-state index in [0.717, 1.165) is 15.8 Å². The molecule has 0 saturated carbocycles. The molecule has 8 heteroatoms. The Morgan fingerprint density at radius 1 is 1.32 bits per heavy atom. The number of anilines is 1. The van der Waals surface area contributed by atoms with Crippen molar-refractivity contribution in [3.63, 3.8) is 0 Å². The number of methoxy groups -OCH3 is 1. The van der Waals surface area contributed by atoms with Gasteiger partial charge in [0.2, 0.25) is 5.91 Å². The van der Waals surface area contributed by atoms with E-state index in [0.29, 0.717) is 12.2 Å². The number of ether oxygens (including phenoxy) is 1. The lowest BCUT2D eigenvalue weighted by Crippen LogP contribution is -2.30. The molecule has 25 heavy (non-hydrogen) atoms. The SMILES string of the molecule is COc1ccc(Br)cc1CN(C)CC(=O)Nc1cccc([N+](=O)[O-])c1. The summed E-state index contributed by atoms with van der Waals surface area (Å²) in [5.41, 5.74) is 1.28. The van der Waals surface area contributed by atoms with Gasteiger partial charge in [0.05, 0.1) is 18.6 Å². The summed E-state index contributed by atoms with van der Waals surface area (Å²) < 4.78 is 6.25. The van der Waals surface area contributed by atoms with Gasteiger partial charge in [-0.2, -0.15) is 0 Å². The summed E-state index contributed by atoms with van der Waals surface area (Å²) in [6, 6.07) is 11.5. The van der Waals surface area contributed by atoms with Gasteiger partial charge in [0.25, 0.3) is 5.69 Å². The maximum Gasteiger partial charge on any atom is 0.271 e. The summed E-state index contributed by atoms with van der Waals surface area (Å²) in [5.74, 6) is 0.492. The molecule has 0 saturated heterocycles. The van der Waals surface area contributed by atoms with E-state index in [4.69, 9.17) is 4.74 Å². The van der Waals surface area contributed by atoms with Gasteiger partial charge in [0.15, 0.2) is 0 Å². The highest BCUT2D eigenvalue weighted by molar-refractivity contribution is 9.10. The van der Waals surface area contributed by atoms with Crippen LogP contribution >= 0.6 is 15.9 Å². The molecule has 2 aromatic carbocycles. The Kier molecular flexibility index (Phi) is 6.49. The second kappa shape index (κ2) is 8.59. The molecule has 2 aromatic rings. The molecule has 0 aromatic heterocycles. The zero-order chi connectivity index (χ0) is 18.4. The lowest BCUT2D eigenvalue weighted by atomic mass is 10.2. The number of carbonyl (C=O) groups is 1. The van der Waals surface area contributed by atoms with Gasteiger partial charge < -0.3 is 10.1 Å². The van der Waals surface area contributed by atoms with E-state index in [1.807, 2.05) is 30.1 Å². The van der Waals surface area contributed by atoms with E-state index in [9.17, 15) is 14.9 Å². The van der Waals surface area contributed by atoms with Crippen LogP contribution in [-0.4, -0.2) is 36.4 Å². The average Bonchev–Trinajstić information content (AvgIpc) is 2.55. The molecule has 0 spiro atoms. The zero-order valence-corrected chi connectivity index (χ0v) is 15.4. The lowest BCUT2D eigenvalue weighted by Gasteiger charge is -2.18. The third-order valence-corrected chi connectivity index (χ3v) is 3.93. The number of rotatable bonds is 7. The molecule has 0 aliphatic rings. The largest absolute Gasteiger partial charge is 0.496 e. The molecule has 0 heterocycles. The summed E-state index contributed by atoms with van der Waals surface area (Å²) in [6.45, 7) is 0.656. The van der Waals surface area contributed by atoms with Crippen LogP contribution in [0.25, 0.3) is 0 Å². The van der Waals surface area contributed by atoms with Crippen LogP contribution in [0.1, 0.15) is 5.56 Å². The first kappa shape index (κ1) is 18.9. The summed E-state index contributed by atoms with van der Waals surface area (Å²) in [4.78, 5) is 24.3. The number of nitrogens with one attached hydrogen (secondary N) is 1. The molecule has 0 fully saturated rings. The van der Waals surface area contributed by atoms with Crippen LogP contribution in [0.5, 0.6) is 5.75 Å². The van der Waals surface area contributed by atoms with Crippen LogP contribution in [-0.2, 0) is 11.3 Å². The summed E-state index contributed by atoms with van der Waals surface area (Å²) in [5, 5.41) is 13.4. The number of nitro benzene ring substituents is 1. The summed E-state index contributed by atoms with van der Waals surface area (Å²) in [7, 11) is 3.41. The van der Waals surface area contributed by atoms with Crippen molar-refractivity contribution in [3.8, 4) is 5.75 Å². The van der Waals surface area contributed by atoms with Crippen LogP contribution in [0.15, 0.2) is 46.9 Å². The highest BCUT2D eigenvalue weighted by Crippen LogP contribution is 2.24. The molecule has 1 N–H and O–H groups in total. The van der Waals surface area contributed by atoms with Gasteiger partial charge in [-0.1, -0.05) is 22.0 Å². The Morgan fingerprint density at radius 3 is 2.76 bits per heavy atom. The highest BCUT2D eigenvalue weighted by Gasteiger charge is 2.12. The van der Waals surface area contributed by atoms with E-state index in [2.05, 4.69) is 21.2 Å². The molecule has 0 aliphatic heterocycles. The van der Waals surface area contributed by atoms with Crippen molar-refractivity contribution >= 4 is 33.2 Å². The van der Waals surface area contributed by atoms with Gasteiger partial charge in [-0.15, -0.1) is 0 Å². The third-order valence-electron chi connectivity index (χ3n) is 3.44. The minimum Gasteiger partial charge on any atom is -0.496 e. The Bertz CT molecular complexity index is 782. The fourth-order valence-corrected chi connectivity index (χ4v) is 2.77. The lowest BCUT2D eigenvalue weighted by molar-refractivity contribution is -0.384. The number of nitro groups is 1. The van der Waals surface area contributed by atoms with Crippen LogP contribution in [0.2, 0.25) is 0 Å². The molecule has 0 aliphatic carbocycles. The number of nitrogens with zero attached hydrogens (tertiary/aromatic N) is 2. The number of hydrogen-bond donors (Lipinski definition) is 1.